The first-order valence-electron chi connectivity index (χ1n) is 8.22. The zero-order valence-corrected chi connectivity index (χ0v) is 16.2. The van der Waals surface area contributed by atoms with E-state index in [1.165, 1.54) is 7.05 Å². The first kappa shape index (κ1) is 19.8. The number of aryl methyl sites for hydroxylation is 1. The van der Waals surface area contributed by atoms with E-state index in [2.05, 4.69) is 5.32 Å². The molecule has 6 nitrogen and oxygen atoms in total. The zero-order valence-electron chi connectivity index (χ0n) is 15.4. The van der Waals surface area contributed by atoms with E-state index in [0.29, 0.717) is 17.9 Å². The quantitative estimate of drug-likeness (QED) is 0.806. The Hall–Kier alpha value is -2.54. The Morgan fingerprint density at radius 2 is 1.77 bits per heavy atom. The summed E-state index contributed by atoms with van der Waals surface area (Å²) in [4.78, 5) is 12.6. The summed E-state index contributed by atoms with van der Waals surface area (Å²) < 4.78 is 30.4. The molecule has 0 aliphatic carbocycles. The number of para-hydroxylation sites is 2. The van der Waals surface area contributed by atoms with E-state index < -0.39 is 10.0 Å². The van der Waals surface area contributed by atoms with Crippen LogP contribution in [0.4, 0.5) is 5.69 Å². The first-order chi connectivity index (χ1) is 12.2. The minimum absolute atomic E-state index is 0.251. The number of ether oxygens (including phenoxy) is 1. The van der Waals surface area contributed by atoms with Gasteiger partial charge < -0.3 is 10.1 Å². The zero-order chi connectivity index (χ0) is 19.3. The molecule has 0 spiro atoms. The van der Waals surface area contributed by atoms with Gasteiger partial charge in [0.15, 0.2) is 0 Å². The van der Waals surface area contributed by atoms with Crippen LogP contribution in [-0.2, 0) is 10.0 Å². The van der Waals surface area contributed by atoms with E-state index >= 15 is 0 Å². The molecule has 2 aromatic carbocycles. The van der Waals surface area contributed by atoms with Gasteiger partial charge in [0.25, 0.3) is 5.91 Å². The second kappa shape index (κ2) is 8.23. The number of anilines is 1. The largest absolute Gasteiger partial charge is 0.491 e. The fraction of sp³-hybridized carbons (Fsp3) is 0.316. The summed E-state index contributed by atoms with van der Waals surface area (Å²) in [5.74, 6) is 0.419. The molecule has 0 saturated heterocycles. The van der Waals surface area contributed by atoms with Crippen molar-refractivity contribution in [3.8, 4) is 5.75 Å². The highest BCUT2D eigenvalue weighted by Gasteiger charge is 2.20. The van der Waals surface area contributed by atoms with Gasteiger partial charge in [0.05, 0.1) is 23.5 Å². The van der Waals surface area contributed by atoms with Gasteiger partial charge in [-0.2, -0.15) is 0 Å². The smallest absolute Gasteiger partial charge is 0.253 e. The Morgan fingerprint density at radius 1 is 1.15 bits per heavy atom. The fourth-order valence-electron chi connectivity index (χ4n) is 2.40. The molecule has 26 heavy (non-hydrogen) atoms. The van der Waals surface area contributed by atoms with Crippen LogP contribution in [-0.4, -0.2) is 40.3 Å². The molecule has 0 bridgehead atoms. The van der Waals surface area contributed by atoms with Gasteiger partial charge in [-0.25, -0.2) is 8.42 Å². The number of nitrogens with zero attached hydrogens (tertiary/aromatic N) is 1. The van der Waals surface area contributed by atoms with E-state index in [4.69, 9.17) is 4.74 Å². The van der Waals surface area contributed by atoms with E-state index in [1.54, 1.807) is 24.3 Å². The Balaban J connectivity index is 2.07. The van der Waals surface area contributed by atoms with Crippen LogP contribution in [0.1, 0.15) is 22.8 Å². The molecule has 0 fully saturated rings. The molecule has 1 N–H and O–H groups in total. The third-order valence-electron chi connectivity index (χ3n) is 3.95. The normalized spacial score (nSPS) is 12.3. The highest BCUT2D eigenvalue weighted by atomic mass is 32.2. The van der Waals surface area contributed by atoms with Crippen molar-refractivity contribution in [1.82, 2.24) is 5.32 Å². The highest BCUT2D eigenvalue weighted by Crippen LogP contribution is 2.21. The minimum Gasteiger partial charge on any atom is -0.491 e. The van der Waals surface area contributed by atoms with Gasteiger partial charge in [0, 0.05) is 7.05 Å². The van der Waals surface area contributed by atoms with E-state index in [0.717, 1.165) is 21.9 Å². The molecule has 1 atom stereocenters. The second-order valence-corrected chi connectivity index (χ2v) is 8.21. The van der Waals surface area contributed by atoms with Crippen molar-refractivity contribution in [3.63, 3.8) is 0 Å². The summed E-state index contributed by atoms with van der Waals surface area (Å²) in [6.07, 6.45) is 1.10. The summed E-state index contributed by atoms with van der Waals surface area (Å²) in [7, 11) is -2.04. The average molecular weight is 376 g/mol. The second-order valence-electron chi connectivity index (χ2n) is 6.20. The SMILES string of the molecule is Cc1ccccc1OC[C@H](C)NC(=O)c1ccccc1N(C)S(C)(=O)=O. The van der Waals surface area contributed by atoms with Crippen LogP contribution in [0, 0.1) is 6.92 Å². The van der Waals surface area contributed by atoms with E-state index in [9.17, 15) is 13.2 Å². The number of hydrogen-bond donors (Lipinski definition) is 1. The Kier molecular flexibility index (Phi) is 6.26. The molecule has 7 heteroatoms. The third kappa shape index (κ3) is 4.98. The van der Waals surface area contributed by atoms with Crippen molar-refractivity contribution >= 4 is 21.6 Å². The lowest BCUT2D eigenvalue weighted by atomic mass is 10.1. The van der Waals surface area contributed by atoms with E-state index in [-0.39, 0.29) is 11.9 Å². The maximum absolute atomic E-state index is 12.6. The first-order valence-corrected chi connectivity index (χ1v) is 10.1. The lowest BCUT2D eigenvalue weighted by molar-refractivity contribution is 0.0927. The van der Waals surface area contributed by atoms with Gasteiger partial charge in [0.1, 0.15) is 12.4 Å². The molecule has 0 aromatic heterocycles. The molecule has 0 aliphatic heterocycles. The molecule has 0 saturated carbocycles. The molecule has 0 aliphatic rings. The summed E-state index contributed by atoms with van der Waals surface area (Å²) in [5.41, 5.74) is 1.65. The monoisotopic (exact) mass is 376 g/mol. The maximum Gasteiger partial charge on any atom is 0.253 e. The topological polar surface area (TPSA) is 75.7 Å². The van der Waals surface area contributed by atoms with Crippen molar-refractivity contribution in [2.24, 2.45) is 0 Å². The van der Waals surface area contributed by atoms with Crippen molar-refractivity contribution in [1.29, 1.82) is 0 Å². The van der Waals surface area contributed by atoms with Crippen LogP contribution in [0.3, 0.4) is 0 Å². The summed E-state index contributed by atoms with van der Waals surface area (Å²) >= 11 is 0. The molecule has 2 aromatic rings. The van der Waals surface area contributed by atoms with Crippen LogP contribution < -0.4 is 14.4 Å². The van der Waals surface area contributed by atoms with Gasteiger partial charge in [-0.05, 0) is 37.6 Å². The lowest BCUT2D eigenvalue weighted by Crippen LogP contribution is -2.38. The number of hydrogen-bond acceptors (Lipinski definition) is 4. The maximum atomic E-state index is 12.6. The lowest BCUT2D eigenvalue weighted by Gasteiger charge is -2.21. The fourth-order valence-corrected chi connectivity index (χ4v) is 2.91. The predicted molar refractivity (Wildman–Crippen MR) is 103 cm³/mol. The van der Waals surface area contributed by atoms with Gasteiger partial charge >= 0.3 is 0 Å². The van der Waals surface area contributed by atoms with Gasteiger partial charge in [-0.3, -0.25) is 9.10 Å². The number of benzene rings is 2. The van der Waals surface area contributed by atoms with Gasteiger partial charge in [-0.1, -0.05) is 30.3 Å². The molecule has 1 amide bonds. The molecule has 0 radical (unpaired) electrons. The van der Waals surface area contributed by atoms with Crippen LogP contribution in [0.5, 0.6) is 5.75 Å². The van der Waals surface area contributed by atoms with Crippen LogP contribution in [0.25, 0.3) is 0 Å². The number of amides is 1. The average Bonchev–Trinajstić information content (AvgIpc) is 2.59. The van der Waals surface area contributed by atoms with Crippen molar-refractivity contribution < 1.29 is 17.9 Å². The van der Waals surface area contributed by atoms with Crippen LogP contribution in [0.15, 0.2) is 48.5 Å². The number of carbonyl (C=O) groups is 1. The number of carbonyl (C=O) groups excluding carboxylic acids is 1. The highest BCUT2D eigenvalue weighted by molar-refractivity contribution is 7.92. The Morgan fingerprint density at radius 3 is 2.42 bits per heavy atom. The summed E-state index contributed by atoms with van der Waals surface area (Å²) in [6.45, 7) is 4.09. The minimum atomic E-state index is -3.46. The molecule has 2 rings (SSSR count). The van der Waals surface area contributed by atoms with Gasteiger partial charge in [0.2, 0.25) is 10.0 Å². The molecule has 140 valence electrons. The van der Waals surface area contributed by atoms with Crippen LogP contribution >= 0.6 is 0 Å². The Bertz CT molecular complexity index is 881. The number of rotatable bonds is 7. The number of sulfonamides is 1. The molecular weight excluding hydrogens is 352 g/mol. The van der Waals surface area contributed by atoms with Crippen molar-refractivity contribution in [2.45, 2.75) is 19.9 Å². The molecular formula is C19H24N2O4S. The third-order valence-corrected chi connectivity index (χ3v) is 5.14. The summed E-state index contributed by atoms with van der Waals surface area (Å²) in [6, 6.07) is 14.0. The van der Waals surface area contributed by atoms with Gasteiger partial charge in [-0.15, -0.1) is 0 Å². The molecule has 0 unspecified atom stereocenters. The molecule has 0 heterocycles. The predicted octanol–water partition coefficient (Wildman–Crippen LogP) is 2.59. The summed E-state index contributed by atoms with van der Waals surface area (Å²) in [5, 5.41) is 2.85. The number of nitrogens with one attached hydrogen (secondary N) is 1. The van der Waals surface area contributed by atoms with Crippen LogP contribution in [0.2, 0.25) is 0 Å². The van der Waals surface area contributed by atoms with Crippen molar-refractivity contribution in [3.05, 3.63) is 59.7 Å². The standard InChI is InChI=1S/C19H24N2O4S/c1-14-9-5-8-12-18(14)25-13-15(2)20-19(22)16-10-6-7-11-17(16)21(3)26(4,23)24/h5-12,15H,13H2,1-4H3,(H,20,22)/t15-/m0/s1. The van der Waals surface area contributed by atoms with Crippen molar-refractivity contribution in [2.75, 3.05) is 24.2 Å². The Labute approximate surface area is 154 Å². The van der Waals surface area contributed by atoms with E-state index in [1.807, 2.05) is 38.1 Å².